The SMILES string of the molecule is CN(C)C(=O)[C@H]1CCCN1S(=O)(=O)Cc1ccccc1. The molecule has 1 aromatic carbocycles. The van der Waals surface area contributed by atoms with Crippen molar-refractivity contribution >= 4 is 15.9 Å². The lowest BCUT2D eigenvalue weighted by atomic mass is 10.2. The van der Waals surface area contributed by atoms with E-state index in [0.717, 1.165) is 12.0 Å². The van der Waals surface area contributed by atoms with E-state index in [1.54, 1.807) is 26.2 Å². The lowest BCUT2D eigenvalue weighted by molar-refractivity contribution is -0.132. The zero-order chi connectivity index (χ0) is 14.8. The minimum absolute atomic E-state index is 0.0505. The van der Waals surface area contributed by atoms with E-state index in [1.807, 2.05) is 18.2 Å². The van der Waals surface area contributed by atoms with Crippen molar-refractivity contribution in [2.24, 2.45) is 0 Å². The fraction of sp³-hybridized carbons (Fsp3) is 0.500. The van der Waals surface area contributed by atoms with Gasteiger partial charge in [-0.2, -0.15) is 4.31 Å². The number of amides is 1. The van der Waals surface area contributed by atoms with Crippen LogP contribution in [0.1, 0.15) is 18.4 Å². The summed E-state index contributed by atoms with van der Waals surface area (Å²) in [7, 11) is -0.144. The molecule has 1 fully saturated rings. The molecule has 1 aromatic rings. The molecule has 0 N–H and O–H groups in total. The number of carbonyl (C=O) groups excluding carboxylic acids is 1. The van der Waals surface area contributed by atoms with E-state index >= 15 is 0 Å². The Balaban J connectivity index is 2.18. The van der Waals surface area contributed by atoms with E-state index < -0.39 is 16.1 Å². The molecule has 5 nitrogen and oxygen atoms in total. The zero-order valence-corrected chi connectivity index (χ0v) is 12.6. The second kappa shape index (κ2) is 5.93. The van der Waals surface area contributed by atoms with Gasteiger partial charge in [0.1, 0.15) is 6.04 Å². The Hall–Kier alpha value is -1.40. The van der Waals surface area contributed by atoms with Crippen LogP contribution in [-0.2, 0) is 20.6 Å². The van der Waals surface area contributed by atoms with E-state index in [0.29, 0.717) is 13.0 Å². The first kappa shape index (κ1) is 15.0. The van der Waals surface area contributed by atoms with Crippen molar-refractivity contribution in [2.75, 3.05) is 20.6 Å². The van der Waals surface area contributed by atoms with Crippen molar-refractivity contribution in [1.29, 1.82) is 0 Å². The van der Waals surface area contributed by atoms with Crippen LogP contribution in [0.25, 0.3) is 0 Å². The Morgan fingerprint density at radius 3 is 2.55 bits per heavy atom. The maximum Gasteiger partial charge on any atom is 0.240 e. The van der Waals surface area contributed by atoms with E-state index in [-0.39, 0.29) is 11.7 Å². The molecule has 2 rings (SSSR count). The van der Waals surface area contributed by atoms with Gasteiger partial charge >= 0.3 is 0 Å². The molecule has 110 valence electrons. The fourth-order valence-electron chi connectivity index (χ4n) is 2.49. The second-order valence-electron chi connectivity index (χ2n) is 5.24. The highest BCUT2D eigenvalue weighted by atomic mass is 32.2. The maximum atomic E-state index is 12.5. The van der Waals surface area contributed by atoms with Gasteiger partial charge in [0, 0.05) is 20.6 Å². The number of hydrogen-bond donors (Lipinski definition) is 0. The third-order valence-corrected chi connectivity index (χ3v) is 5.33. The van der Waals surface area contributed by atoms with Gasteiger partial charge in [-0.05, 0) is 18.4 Å². The molecule has 1 aliphatic heterocycles. The molecule has 0 spiro atoms. The lowest BCUT2D eigenvalue weighted by Crippen LogP contribution is -2.45. The minimum Gasteiger partial charge on any atom is -0.347 e. The summed E-state index contributed by atoms with van der Waals surface area (Å²) in [6.07, 6.45) is 1.34. The smallest absolute Gasteiger partial charge is 0.240 e. The van der Waals surface area contributed by atoms with Crippen molar-refractivity contribution < 1.29 is 13.2 Å². The van der Waals surface area contributed by atoms with Crippen LogP contribution in [0.2, 0.25) is 0 Å². The number of likely N-dealkylation sites (N-methyl/N-ethyl adjacent to an activating group) is 1. The third-order valence-electron chi connectivity index (χ3n) is 3.48. The van der Waals surface area contributed by atoms with Crippen LogP contribution in [0, 0.1) is 0 Å². The summed E-state index contributed by atoms with van der Waals surface area (Å²) in [5.74, 6) is -0.190. The summed E-state index contributed by atoms with van der Waals surface area (Å²) in [6.45, 7) is 0.430. The van der Waals surface area contributed by atoms with Crippen LogP contribution in [0.3, 0.4) is 0 Å². The molecule has 6 heteroatoms. The molecule has 0 aromatic heterocycles. The first-order valence-electron chi connectivity index (χ1n) is 6.66. The molecule has 0 aliphatic carbocycles. The lowest BCUT2D eigenvalue weighted by Gasteiger charge is -2.25. The highest BCUT2D eigenvalue weighted by Gasteiger charge is 2.39. The third kappa shape index (κ3) is 3.19. The highest BCUT2D eigenvalue weighted by molar-refractivity contribution is 7.88. The average Bonchev–Trinajstić information content (AvgIpc) is 2.88. The molecule has 20 heavy (non-hydrogen) atoms. The number of rotatable bonds is 4. The van der Waals surface area contributed by atoms with E-state index in [4.69, 9.17) is 0 Å². The Kier molecular flexibility index (Phi) is 4.45. The summed E-state index contributed by atoms with van der Waals surface area (Å²) in [5, 5.41) is 0. The molecule has 1 atom stereocenters. The summed E-state index contributed by atoms with van der Waals surface area (Å²) < 4.78 is 26.4. The molecular formula is C14H20N2O3S. The first-order chi connectivity index (χ1) is 9.42. The molecule has 1 heterocycles. The predicted molar refractivity (Wildman–Crippen MR) is 77.5 cm³/mol. The largest absolute Gasteiger partial charge is 0.347 e. The predicted octanol–water partition coefficient (Wildman–Crippen LogP) is 1.07. The Labute approximate surface area is 120 Å². The second-order valence-corrected chi connectivity index (χ2v) is 7.16. The molecule has 0 radical (unpaired) electrons. The number of hydrogen-bond acceptors (Lipinski definition) is 3. The van der Waals surface area contributed by atoms with Gasteiger partial charge in [-0.25, -0.2) is 8.42 Å². The molecule has 0 unspecified atom stereocenters. The van der Waals surface area contributed by atoms with Crippen molar-refractivity contribution in [2.45, 2.75) is 24.6 Å². The van der Waals surface area contributed by atoms with Gasteiger partial charge in [-0.15, -0.1) is 0 Å². The maximum absolute atomic E-state index is 12.5. The van der Waals surface area contributed by atoms with Gasteiger partial charge < -0.3 is 4.90 Å². The summed E-state index contributed by atoms with van der Waals surface area (Å²) in [4.78, 5) is 13.5. The number of nitrogens with zero attached hydrogens (tertiary/aromatic N) is 2. The van der Waals surface area contributed by atoms with Gasteiger partial charge in [0.25, 0.3) is 0 Å². The monoisotopic (exact) mass is 296 g/mol. The quantitative estimate of drug-likeness (QED) is 0.835. The Bertz CT molecular complexity index is 569. The van der Waals surface area contributed by atoms with Gasteiger partial charge in [-0.3, -0.25) is 4.79 Å². The minimum atomic E-state index is -3.45. The number of sulfonamides is 1. The molecule has 1 amide bonds. The van der Waals surface area contributed by atoms with Crippen LogP contribution < -0.4 is 0 Å². The van der Waals surface area contributed by atoms with Gasteiger partial charge in [-0.1, -0.05) is 30.3 Å². The van der Waals surface area contributed by atoms with Gasteiger partial charge in [0.15, 0.2) is 0 Å². The Morgan fingerprint density at radius 2 is 1.95 bits per heavy atom. The molecule has 1 saturated heterocycles. The Morgan fingerprint density at radius 1 is 1.30 bits per heavy atom. The highest BCUT2D eigenvalue weighted by Crippen LogP contribution is 2.24. The fourth-order valence-corrected chi connectivity index (χ4v) is 4.26. The van der Waals surface area contributed by atoms with E-state index in [1.165, 1.54) is 9.21 Å². The van der Waals surface area contributed by atoms with Crippen LogP contribution in [-0.4, -0.2) is 50.2 Å². The molecule has 0 saturated carbocycles. The topological polar surface area (TPSA) is 57.7 Å². The van der Waals surface area contributed by atoms with Crippen LogP contribution in [0.5, 0.6) is 0 Å². The van der Waals surface area contributed by atoms with Crippen molar-refractivity contribution in [1.82, 2.24) is 9.21 Å². The van der Waals surface area contributed by atoms with Crippen LogP contribution >= 0.6 is 0 Å². The average molecular weight is 296 g/mol. The van der Waals surface area contributed by atoms with Crippen LogP contribution in [0.4, 0.5) is 0 Å². The first-order valence-corrected chi connectivity index (χ1v) is 8.27. The molecular weight excluding hydrogens is 276 g/mol. The van der Waals surface area contributed by atoms with E-state index in [9.17, 15) is 13.2 Å². The molecule has 1 aliphatic rings. The van der Waals surface area contributed by atoms with Gasteiger partial charge in [0.05, 0.1) is 5.75 Å². The van der Waals surface area contributed by atoms with E-state index in [2.05, 4.69) is 0 Å². The zero-order valence-electron chi connectivity index (χ0n) is 11.8. The summed E-state index contributed by atoms with van der Waals surface area (Å²) in [5.41, 5.74) is 0.746. The van der Waals surface area contributed by atoms with Crippen LogP contribution in [0.15, 0.2) is 30.3 Å². The normalized spacial score (nSPS) is 20.0. The number of carbonyl (C=O) groups is 1. The van der Waals surface area contributed by atoms with Crippen molar-refractivity contribution in [3.63, 3.8) is 0 Å². The summed E-state index contributed by atoms with van der Waals surface area (Å²) >= 11 is 0. The summed E-state index contributed by atoms with van der Waals surface area (Å²) in [6, 6.07) is 8.52. The standard InChI is InChI=1S/C14H20N2O3S/c1-15(2)14(17)13-9-6-10-16(13)20(18,19)11-12-7-4-3-5-8-12/h3-5,7-8,13H,6,9-11H2,1-2H3/t13-/m1/s1. The van der Waals surface area contributed by atoms with Crippen molar-refractivity contribution in [3.05, 3.63) is 35.9 Å². The molecule has 0 bridgehead atoms. The number of benzene rings is 1. The van der Waals surface area contributed by atoms with Crippen molar-refractivity contribution in [3.8, 4) is 0 Å². The van der Waals surface area contributed by atoms with Gasteiger partial charge in [0.2, 0.25) is 15.9 Å².